The lowest BCUT2D eigenvalue weighted by molar-refractivity contribution is 0.805. The van der Waals surface area contributed by atoms with Crippen LogP contribution in [0.15, 0.2) is 11.3 Å². The fourth-order valence-corrected chi connectivity index (χ4v) is 4.74. The second-order valence-electron chi connectivity index (χ2n) is 3.57. The molecule has 1 heterocycles. The molecule has 0 amide bonds. The van der Waals surface area contributed by atoms with Gasteiger partial charge in [0.05, 0.1) is 0 Å². The molecule has 0 fully saturated rings. The van der Waals surface area contributed by atoms with Crippen LogP contribution in [-0.2, 0) is 0 Å². The summed E-state index contributed by atoms with van der Waals surface area (Å²) < 4.78 is 0. The van der Waals surface area contributed by atoms with E-state index in [2.05, 4.69) is 19.5 Å². The first-order chi connectivity index (χ1) is 5.17. The van der Waals surface area contributed by atoms with E-state index in [-0.39, 0.29) is 0 Å². The summed E-state index contributed by atoms with van der Waals surface area (Å²) in [5.74, 6) is 0. The maximum Gasteiger partial charge on any atom is 0.179 e. The molecule has 0 bridgehead atoms. The molecule has 1 atom stereocenters. The lowest BCUT2D eigenvalue weighted by Crippen LogP contribution is -2.21. The van der Waals surface area contributed by atoms with Crippen LogP contribution in [-0.4, -0.2) is 7.38 Å². The van der Waals surface area contributed by atoms with Crippen LogP contribution in [0.1, 0.15) is 32.6 Å². The maximum atomic E-state index is 6.44. The zero-order valence-corrected chi connectivity index (χ0v) is 9.25. The Morgan fingerprint density at radius 1 is 1.64 bits per heavy atom. The molecule has 1 aliphatic heterocycles. The Bertz CT molecular complexity index is 161. The number of rotatable bonds is 3. The first kappa shape index (κ1) is 9.34. The van der Waals surface area contributed by atoms with Gasteiger partial charge in [-0.25, -0.2) is 0 Å². The minimum absolute atomic E-state index is 1.24. The second kappa shape index (κ2) is 3.77. The molecule has 1 unspecified atom stereocenters. The Labute approximate surface area is 75.4 Å². The van der Waals surface area contributed by atoms with E-state index in [1.807, 2.05) is 0 Å². The van der Waals surface area contributed by atoms with Crippen LogP contribution in [0.4, 0.5) is 0 Å². The highest BCUT2D eigenvalue weighted by Crippen LogP contribution is 2.35. The standard InChI is InChI=1S/C9H17ClSi/c1-3-4-6-9-7-5-8-11(9,2)10/h7H,3-6,8H2,1-2H3. The average Bonchev–Trinajstić information content (AvgIpc) is 2.25. The van der Waals surface area contributed by atoms with Crippen LogP contribution in [0, 0.1) is 0 Å². The Balaban J connectivity index is 2.44. The molecule has 0 aliphatic carbocycles. The van der Waals surface area contributed by atoms with E-state index in [1.54, 1.807) is 5.20 Å². The van der Waals surface area contributed by atoms with Gasteiger partial charge in [0.1, 0.15) is 0 Å². The molecule has 0 aromatic carbocycles. The summed E-state index contributed by atoms with van der Waals surface area (Å²) in [7, 11) is -1.37. The molecular formula is C9H17ClSi. The summed E-state index contributed by atoms with van der Waals surface area (Å²) in [6, 6.07) is 1.27. The number of hydrogen-bond acceptors (Lipinski definition) is 0. The summed E-state index contributed by atoms with van der Waals surface area (Å²) in [6.45, 7) is 4.52. The normalized spacial score (nSPS) is 30.6. The van der Waals surface area contributed by atoms with Crippen LogP contribution in [0.2, 0.25) is 12.6 Å². The van der Waals surface area contributed by atoms with Crippen molar-refractivity contribution in [3.05, 3.63) is 11.3 Å². The molecule has 1 aliphatic rings. The summed E-state index contributed by atoms with van der Waals surface area (Å²) in [6.07, 6.45) is 7.50. The summed E-state index contributed by atoms with van der Waals surface area (Å²) in [4.78, 5) is 0. The van der Waals surface area contributed by atoms with Gasteiger partial charge in [0.2, 0.25) is 0 Å². The number of allylic oxidation sites excluding steroid dienone is 2. The molecule has 0 N–H and O–H groups in total. The zero-order valence-electron chi connectivity index (χ0n) is 7.49. The predicted octanol–water partition coefficient (Wildman–Crippen LogP) is 3.86. The molecule has 0 spiro atoms. The molecule has 0 radical (unpaired) electrons. The van der Waals surface area contributed by atoms with Gasteiger partial charge in [-0.3, -0.25) is 0 Å². The van der Waals surface area contributed by atoms with Gasteiger partial charge < -0.3 is 0 Å². The van der Waals surface area contributed by atoms with Gasteiger partial charge in [0.25, 0.3) is 0 Å². The van der Waals surface area contributed by atoms with Crippen molar-refractivity contribution in [3.8, 4) is 0 Å². The smallest absolute Gasteiger partial charge is 0.162 e. The molecule has 0 aromatic rings. The molecule has 0 saturated heterocycles. The summed E-state index contributed by atoms with van der Waals surface area (Å²) in [5.41, 5.74) is 0. The predicted molar refractivity (Wildman–Crippen MR) is 54.5 cm³/mol. The summed E-state index contributed by atoms with van der Waals surface area (Å²) >= 11 is 6.44. The van der Waals surface area contributed by atoms with Gasteiger partial charge in [0, 0.05) is 0 Å². The highest BCUT2D eigenvalue weighted by molar-refractivity contribution is 7.24. The molecule has 1 rings (SSSR count). The first-order valence-corrected chi connectivity index (χ1v) is 8.27. The minimum Gasteiger partial charge on any atom is -0.162 e. The van der Waals surface area contributed by atoms with Crippen LogP contribution < -0.4 is 0 Å². The maximum absolute atomic E-state index is 6.44. The topological polar surface area (TPSA) is 0 Å². The average molecular weight is 189 g/mol. The molecule has 11 heavy (non-hydrogen) atoms. The van der Waals surface area contributed by atoms with Crippen molar-refractivity contribution in [1.82, 2.24) is 0 Å². The van der Waals surface area contributed by atoms with E-state index < -0.39 is 7.38 Å². The Hall–Kier alpha value is 0.247. The minimum atomic E-state index is -1.37. The second-order valence-corrected chi connectivity index (χ2v) is 9.61. The van der Waals surface area contributed by atoms with Crippen molar-refractivity contribution in [2.45, 2.75) is 45.2 Å². The highest BCUT2D eigenvalue weighted by Gasteiger charge is 2.31. The van der Waals surface area contributed by atoms with E-state index in [4.69, 9.17) is 11.1 Å². The van der Waals surface area contributed by atoms with Gasteiger partial charge in [0.15, 0.2) is 7.38 Å². The SMILES string of the molecule is CCCCC1=CCC[Si]1(C)Cl. The van der Waals surface area contributed by atoms with E-state index in [0.29, 0.717) is 0 Å². The van der Waals surface area contributed by atoms with Crippen molar-refractivity contribution < 1.29 is 0 Å². The highest BCUT2D eigenvalue weighted by atomic mass is 35.6. The third-order valence-corrected chi connectivity index (χ3v) is 6.79. The van der Waals surface area contributed by atoms with E-state index in [0.717, 1.165) is 0 Å². The van der Waals surface area contributed by atoms with Crippen molar-refractivity contribution in [1.29, 1.82) is 0 Å². The van der Waals surface area contributed by atoms with Gasteiger partial charge in [-0.2, -0.15) is 11.1 Å². The Morgan fingerprint density at radius 3 is 2.82 bits per heavy atom. The molecule has 0 aromatic heterocycles. The number of halogens is 1. The van der Waals surface area contributed by atoms with Crippen molar-refractivity contribution in [2.24, 2.45) is 0 Å². The fraction of sp³-hybridized carbons (Fsp3) is 0.778. The summed E-state index contributed by atoms with van der Waals surface area (Å²) in [5, 5.41) is 1.61. The van der Waals surface area contributed by atoms with Gasteiger partial charge in [-0.1, -0.05) is 37.6 Å². The monoisotopic (exact) mass is 188 g/mol. The van der Waals surface area contributed by atoms with Gasteiger partial charge in [-0.05, 0) is 18.9 Å². The number of unbranched alkanes of at least 4 members (excludes halogenated alkanes) is 1. The van der Waals surface area contributed by atoms with Crippen molar-refractivity contribution >= 4 is 18.5 Å². The zero-order chi connectivity index (χ0) is 8.32. The third-order valence-electron chi connectivity index (χ3n) is 2.47. The Morgan fingerprint density at radius 2 is 2.36 bits per heavy atom. The molecule has 64 valence electrons. The third kappa shape index (κ3) is 2.34. The van der Waals surface area contributed by atoms with Crippen molar-refractivity contribution in [2.75, 3.05) is 0 Å². The number of hydrogen-bond donors (Lipinski definition) is 0. The van der Waals surface area contributed by atoms with E-state index >= 15 is 0 Å². The lowest BCUT2D eigenvalue weighted by Gasteiger charge is -2.16. The van der Waals surface area contributed by atoms with Gasteiger partial charge in [-0.15, -0.1) is 0 Å². The van der Waals surface area contributed by atoms with Crippen LogP contribution in [0.3, 0.4) is 0 Å². The van der Waals surface area contributed by atoms with Crippen molar-refractivity contribution in [3.63, 3.8) is 0 Å². The Kier molecular flexibility index (Phi) is 3.20. The quantitative estimate of drug-likeness (QED) is 0.466. The van der Waals surface area contributed by atoms with E-state index in [1.165, 1.54) is 31.7 Å². The molecule has 2 heteroatoms. The van der Waals surface area contributed by atoms with Crippen LogP contribution in [0.5, 0.6) is 0 Å². The molecule has 0 nitrogen and oxygen atoms in total. The molecule has 0 saturated carbocycles. The largest absolute Gasteiger partial charge is 0.179 e. The van der Waals surface area contributed by atoms with E-state index in [9.17, 15) is 0 Å². The molecular weight excluding hydrogens is 172 g/mol. The fourth-order valence-electron chi connectivity index (χ4n) is 1.62. The first-order valence-electron chi connectivity index (χ1n) is 4.55. The van der Waals surface area contributed by atoms with Crippen LogP contribution in [0.25, 0.3) is 0 Å². The van der Waals surface area contributed by atoms with Gasteiger partial charge >= 0.3 is 0 Å². The lowest BCUT2D eigenvalue weighted by atomic mass is 10.2. The van der Waals surface area contributed by atoms with Crippen LogP contribution >= 0.6 is 11.1 Å².